The van der Waals surface area contributed by atoms with Gasteiger partial charge in [-0.1, -0.05) is 6.07 Å². The van der Waals surface area contributed by atoms with E-state index in [1.165, 1.54) is 0 Å². The second kappa shape index (κ2) is 11.1. The van der Waals surface area contributed by atoms with Gasteiger partial charge in [0.05, 0.1) is 0 Å². The number of nitrogens with one attached hydrogen (secondary N) is 2. The summed E-state index contributed by atoms with van der Waals surface area (Å²) in [6.07, 6.45) is 6.57. The molecule has 1 aliphatic heterocycles. The van der Waals surface area contributed by atoms with Gasteiger partial charge in [0.15, 0.2) is 5.96 Å². The number of aliphatic imine (C=N–C) groups is 1. The molecular formula is C18H28IN7O. The first-order valence-corrected chi connectivity index (χ1v) is 9.29. The van der Waals surface area contributed by atoms with E-state index in [0.717, 1.165) is 69.2 Å². The number of aryl methyl sites for hydroxylation is 2. The normalized spacial score (nSPS) is 13.6. The predicted octanol–water partition coefficient (Wildman–Crippen LogP) is 1.19. The lowest BCUT2D eigenvalue weighted by molar-refractivity contribution is 0.509. The van der Waals surface area contributed by atoms with Crippen LogP contribution in [0.2, 0.25) is 0 Å². The molecule has 0 radical (unpaired) electrons. The molecular weight excluding hydrogens is 457 g/mol. The van der Waals surface area contributed by atoms with Crippen molar-refractivity contribution < 1.29 is 0 Å². The van der Waals surface area contributed by atoms with Gasteiger partial charge in [0.25, 0.3) is 0 Å². The maximum absolute atomic E-state index is 12.3. The molecule has 0 fully saturated rings. The molecule has 0 amide bonds. The van der Waals surface area contributed by atoms with Gasteiger partial charge in [0.1, 0.15) is 5.82 Å². The van der Waals surface area contributed by atoms with Crippen LogP contribution in [0.5, 0.6) is 0 Å². The summed E-state index contributed by atoms with van der Waals surface area (Å²) in [6, 6.07) is 5.92. The third-order valence-electron chi connectivity index (χ3n) is 4.49. The minimum absolute atomic E-state index is 0. The number of hydrogen-bond donors (Lipinski definition) is 2. The lowest BCUT2D eigenvalue weighted by Gasteiger charge is -2.11. The van der Waals surface area contributed by atoms with Crippen molar-refractivity contribution in [2.24, 2.45) is 4.99 Å². The van der Waals surface area contributed by atoms with E-state index in [0.29, 0.717) is 6.54 Å². The van der Waals surface area contributed by atoms with Crippen molar-refractivity contribution in [3.05, 3.63) is 46.4 Å². The largest absolute Gasteiger partial charge is 0.356 e. The average Bonchev–Trinajstić information content (AvgIpc) is 3.00. The van der Waals surface area contributed by atoms with Gasteiger partial charge >= 0.3 is 5.69 Å². The van der Waals surface area contributed by atoms with Gasteiger partial charge in [-0.05, 0) is 31.4 Å². The molecule has 0 unspecified atom stereocenters. The highest BCUT2D eigenvalue weighted by atomic mass is 127. The highest BCUT2D eigenvalue weighted by Crippen LogP contribution is 2.09. The number of aromatic nitrogens is 4. The van der Waals surface area contributed by atoms with Crippen LogP contribution in [0.15, 0.2) is 34.2 Å². The molecule has 2 aromatic heterocycles. The van der Waals surface area contributed by atoms with Crippen molar-refractivity contribution in [1.29, 1.82) is 0 Å². The number of rotatable bonds is 7. The molecule has 0 bridgehead atoms. The molecule has 2 aromatic rings. The molecule has 27 heavy (non-hydrogen) atoms. The van der Waals surface area contributed by atoms with Crippen LogP contribution < -0.4 is 16.3 Å². The van der Waals surface area contributed by atoms with Crippen LogP contribution in [-0.2, 0) is 25.9 Å². The fourth-order valence-electron chi connectivity index (χ4n) is 3.11. The fraction of sp³-hybridized carbons (Fsp3) is 0.556. The van der Waals surface area contributed by atoms with Gasteiger partial charge in [-0.3, -0.25) is 14.5 Å². The Morgan fingerprint density at radius 2 is 2.11 bits per heavy atom. The Bertz CT molecular complexity index is 785. The number of fused-ring (bicyclic) bond motifs is 1. The zero-order chi connectivity index (χ0) is 18.2. The molecule has 0 spiro atoms. The lowest BCUT2D eigenvalue weighted by Crippen LogP contribution is -2.39. The van der Waals surface area contributed by atoms with E-state index in [9.17, 15) is 4.79 Å². The number of hydrogen-bond acceptors (Lipinski definition) is 4. The van der Waals surface area contributed by atoms with Crippen molar-refractivity contribution in [2.45, 2.75) is 45.2 Å². The van der Waals surface area contributed by atoms with Crippen LogP contribution in [-0.4, -0.2) is 45.4 Å². The van der Waals surface area contributed by atoms with Crippen molar-refractivity contribution in [3.8, 4) is 0 Å². The van der Waals surface area contributed by atoms with Gasteiger partial charge in [0.2, 0.25) is 0 Å². The molecule has 2 N–H and O–H groups in total. The summed E-state index contributed by atoms with van der Waals surface area (Å²) < 4.78 is 3.41. The molecule has 0 atom stereocenters. The Morgan fingerprint density at radius 3 is 2.85 bits per heavy atom. The van der Waals surface area contributed by atoms with Crippen molar-refractivity contribution in [3.63, 3.8) is 0 Å². The van der Waals surface area contributed by atoms with Crippen LogP contribution in [0.25, 0.3) is 0 Å². The van der Waals surface area contributed by atoms with Crippen molar-refractivity contribution >= 4 is 29.9 Å². The van der Waals surface area contributed by atoms with Gasteiger partial charge in [-0.25, -0.2) is 9.48 Å². The molecule has 3 heterocycles. The van der Waals surface area contributed by atoms with Crippen LogP contribution >= 0.6 is 24.0 Å². The van der Waals surface area contributed by atoms with Gasteiger partial charge < -0.3 is 10.6 Å². The number of nitrogens with zero attached hydrogens (tertiary/aromatic N) is 5. The highest BCUT2D eigenvalue weighted by molar-refractivity contribution is 14.0. The van der Waals surface area contributed by atoms with E-state index in [1.807, 2.05) is 22.8 Å². The van der Waals surface area contributed by atoms with E-state index in [4.69, 9.17) is 0 Å². The smallest absolute Gasteiger partial charge is 0.345 e. The van der Waals surface area contributed by atoms with E-state index >= 15 is 0 Å². The maximum atomic E-state index is 12.3. The Balaban J connectivity index is 0.00000261. The molecule has 0 saturated carbocycles. The summed E-state index contributed by atoms with van der Waals surface area (Å²) in [5, 5.41) is 11.0. The van der Waals surface area contributed by atoms with Gasteiger partial charge in [0, 0.05) is 58.0 Å². The van der Waals surface area contributed by atoms with E-state index in [1.54, 1.807) is 17.9 Å². The summed E-state index contributed by atoms with van der Waals surface area (Å²) in [6.45, 7) is 2.93. The molecule has 9 heteroatoms. The lowest BCUT2D eigenvalue weighted by atomic mass is 10.2. The Labute approximate surface area is 176 Å². The Morgan fingerprint density at radius 1 is 1.26 bits per heavy atom. The standard InChI is InChI=1S/C18H27N7O.HI/c1-19-17(22-12-9-15-7-2-4-10-20-15)21-11-6-14-25-18(26)24-13-5-3-8-16(24)23-25;/h2,4,7,10H,3,5-6,8-9,11-14H2,1H3,(H2,19,21,22);1H. The maximum Gasteiger partial charge on any atom is 0.345 e. The second-order valence-electron chi connectivity index (χ2n) is 6.38. The Hall–Kier alpha value is -1.91. The summed E-state index contributed by atoms with van der Waals surface area (Å²) in [5.41, 5.74) is 1.08. The summed E-state index contributed by atoms with van der Waals surface area (Å²) in [5.74, 6) is 1.69. The number of halogens is 1. The SMILES string of the molecule is CN=C(NCCCn1nc2n(c1=O)CCCC2)NCCc1ccccn1.I. The third-order valence-corrected chi connectivity index (χ3v) is 4.49. The monoisotopic (exact) mass is 485 g/mol. The zero-order valence-electron chi connectivity index (χ0n) is 15.7. The third kappa shape index (κ3) is 6.05. The minimum atomic E-state index is 0. The average molecular weight is 485 g/mol. The molecule has 3 rings (SSSR count). The first kappa shape index (κ1) is 21.4. The number of pyridine rings is 1. The van der Waals surface area contributed by atoms with Gasteiger partial charge in [-0.2, -0.15) is 5.10 Å². The van der Waals surface area contributed by atoms with Crippen molar-refractivity contribution in [1.82, 2.24) is 30.0 Å². The fourth-order valence-corrected chi connectivity index (χ4v) is 3.11. The molecule has 148 valence electrons. The molecule has 1 aliphatic rings. The number of guanidine groups is 1. The highest BCUT2D eigenvalue weighted by Gasteiger charge is 2.16. The summed E-state index contributed by atoms with van der Waals surface area (Å²) in [7, 11) is 1.75. The molecule has 8 nitrogen and oxygen atoms in total. The Kier molecular flexibility index (Phi) is 8.76. The minimum Gasteiger partial charge on any atom is -0.356 e. The van der Waals surface area contributed by atoms with E-state index in [-0.39, 0.29) is 29.7 Å². The molecule has 0 aliphatic carbocycles. The quantitative estimate of drug-likeness (QED) is 0.266. The van der Waals surface area contributed by atoms with Crippen LogP contribution in [0.3, 0.4) is 0 Å². The molecule has 0 saturated heterocycles. The molecule has 0 aromatic carbocycles. The predicted molar refractivity (Wildman–Crippen MR) is 117 cm³/mol. The first-order valence-electron chi connectivity index (χ1n) is 9.29. The van der Waals surface area contributed by atoms with Crippen LogP contribution in [0.1, 0.15) is 30.8 Å². The van der Waals surface area contributed by atoms with Gasteiger partial charge in [-0.15, -0.1) is 24.0 Å². The zero-order valence-corrected chi connectivity index (χ0v) is 18.1. The topological polar surface area (TPSA) is 89.1 Å². The summed E-state index contributed by atoms with van der Waals surface area (Å²) in [4.78, 5) is 20.8. The summed E-state index contributed by atoms with van der Waals surface area (Å²) >= 11 is 0. The van der Waals surface area contributed by atoms with Crippen LogP contribution in [0.4, 0.5) is 0 Å². The van der Waals surface area contributed by atoms with Crippen LogP contribution in [0, 0.1) is 0 Å². The van der Waals surface area contributed by atoms with E-state index < -0.39 is 0 Å². The second-order valence-corrected chi connectivity index (χ2v) is 6.38. The van der Waals surface area contributed by atoms with E-state index in [2.05, 4.69) is 25.7 Å². The van der Waals surface area contributed by atoms with Crippen molar-refractivity contribution in [2.75, 3.05) is 20.1 Å². The first-order chi connectivity index (χ1) is 12.8.